The molecule has 1 aliphatic rings. The van der Waals surface area contributed by atoms with Crippen molar-refractivity contribution in [3.8, 4) is 0 Å². The lowest BCUT2D eigenvalue weighted by Crippen LogP contribution is -2.42. The third-order valence-electron chi connectivity index (χ3n) is 6.75. The van der Waals surface area contributed by atoms with E-state index in [-0.39, 0.29) is 18.0 Å². The Morgan fingerprint density at radius 1 is 1.09 bits per heavy atom. The maximum atomic E-state index is 12.9. The molecule has 3 rings (SSSR count). The maximum Gasteiger partial charge on any atom is 0.268 e. The molecule has 33 heavy (non-hydrogen) atoms. The lowest BCUT2D eigenvalue weighted by molar-refractivity contribution is 0.0945. The fraction of sp³-hybridized carbons (Fsp3) is 0.615. The van der Waals surface area contributed by atoms with Crippen LogP contribution in [0.25, 0.3) is 0 Å². The summed E-state index contributed by atoms with van der Waals surface area (Å²) in [6.45, 7) is 13.0. The standard InChI is InChI=1S/C24H37N5O2.C2H6/c1-7-29(19-10-8-18(9-11-19)28(5)6)21-14-25-22(17(21)4)24(31)26-13-20-15(2)12-16(3)27-23(20)30;1-2/h12,14,18-19,25H,7-11,13H2,1-6H3,(H,26,31)(H,27,30);1-2H3. The molecule has 0 spiro atoms. The summed E-state index contributed by atoms with van der Waals surface area (Å²) in [5.41, 5.74) is 4.78. The van der Waals surface area contributed by atoms with Gasteiger partial charge in [-0.25, -0.2) is 0 Å². The number of nitrogens with one attached hydrogen (secondary N) is 3. The molecule has 0 aromatic carbocycles. The molecule has 7 heteroatoms. The van der Waals surface area contributed by atoms with Gasteiger partial charge in [0.25, 0.3) is 11.5 Å². The number of aromatic nitrogens is 2. The molecule has 2 aromatic heterocycles. The second-order valence-corrected chi connectivity index (χ2v) is 9.01. The summed E-state index contributed by atoms with van der Waals surface area (Å²) in [5.74, 6) is -0.185. The van der Waals surface area contributed by atoms with E-state index in [4.69, 9.17) is 0 Å². The van der Waals surface area contributed by atoms with Crippen molar-refractivity contribution in [1.29, 1.82) is 0 Å². The molecular formula is C26H43N5O2. The number of carbonyl (C=O) groups excluding carboxylic acids is 1. The minimum absolute atomic E-state index is 0.146. The highest BCUT2D eigenvalue weighted by molar-refractivity contribution is 5.95. The average Bonchev–Trinajstić information content (AvgIpc) is 3.16. The number of nitrogens with zero attached hydrogens (tertiary/aromatic N) is 2. The van der Waals surface area contributed by atoms with Crippen LogP contribution in [0.1, 0.15) is 79.3 Å². The summed E-state index contributed by atoms with van der Waals surface area (Å²) in [5, 5.41) is 2.91. The molecule has 1 aliphatic carbocycles. The number of anilines is 1. The summed E-state index contributed by atoms with van der Waals surface area (Å²) in [7, 11) is 4.32. The van der Waals surface area contributed by atoms with Crippen LogP contribution in [0.3, 0.4) is 0 Å². The third kappa shape index (κ3) is 6.28. The number of hydrogen-bond acceptors (Lipinski definition) is 4. The first-order valence-corrected chi connectivity index (χ1v) is 12.3. The first-order valence-electron chi connectivity index (χ1n) is 12.3. The second kappa shape index (κ2) is 12.1. The molecular weight excluding hydrogens is 414 g/mol. The number of H-pyrrole nitrogens is 2. The Kier molecular flexibility index (Phi) is 9.77. The van der Waals surface area contributed by atoms with E-state index in [2.05, 4.69) is 46.1 Å². The predicted octanol–water partition coefficient (Wildman–Crippen LogP) is 4.28. The summed E-state index contributed by atoms with van der Waals surface area (Å²) >= 11 is 0. The lowest BCUT2D eigenvalue weighted by atomic mass is 9.89. The Morgan fingerprint density at radius 2 is 1.70 bits per heavy atom. The van der Waals surface area contributed by atoms with Crippen LogP contribution >= 0.6 is 0 Å². The van der Waals surface area contributed by atoms with Gasteiger partial charge in [-0.05, 0) is 79.1 Å². The summed E-state index contributed by atoms with van der Waals surface area (Å²) in [6, 6.07) is 3.09. The largest absolute Gasteiger partial charge is 0.367 e. The number of hydrogen-bond donors (Lipinski definition) is 3. The fourth-order valence-corrected chi connectivity index (χ4v) is 4.89. The lowest BCUT2D eigenvalue weighted by Gasteiger charge is -2.39. The van der Waals surface area contributed by atoms with E-state index in [0.717, 1.165) is 41.9 Å². The van der Waals surface area contributed by atoms with Crippen LogP contribution in [0, 0.1) is 20.8 Å². The Bertz CT molecular complexity index is 968. The van der Waals surface area contributed by atoms with Crippen molar-refractivity contribution in [1.82, 2.24) is 20.2 Å². The van der Waals surface area contributed by atoms with Crippen molar-refractivity contribution in [3.05, 3.63) is 50.7 Å². The van der Waals surface area contributed by atoms with E-state index in [9.17, 15) is 9.59 Å². The summed E-state index contributed by atoms with van der Waals surface area (Å²) in [6.07, 6.45) is 6.69. The molecule has 0 unspecified atom stereocenters. The van der Waals surface area contributed by atoms with Gasteiger partial charge >= 0.3 is 0 Å². The van der Waals surface area contributed by atoms with Crippen LogP contribution < -0.4 is 15.8 Å². The molecule has 1 saturated carbocycles. The normalized spacial score (nSPS) is 18.0. The van der Waals surface area contributed by atoms with Gasteiger partial charge in [-0.3, -0.25) is 9.59 Å². The van der Waals surface area contributed by atoms with Gasteiger partial charge in [0, 0.05) is 48.2 Å². The molecule has 0 bridgehead atoms. The van der Waals surface area contributed by atoms with Crippen LogP contribution in [0.4, 0.5) is 5.69 Å². The number of rotatable bonds is 7. The number of amides is 1. The van der Waals surface area contributed by atoms with Crippen LogP contribution in [0.15, 0.2) is 17.1 Å². The molecule has 0 saturated heterocycles. The van der Waals surface area contributed by atoms with E-state index < -0.39 is 0 Å². The van der Waals surface area contributed by atoms with Gasteiger partial charge in [0.05, 0.1) is 5.69 Å². The van der Waals surface area contributed by atoms with Gasteiger partial charge in [-0.15, -0.1) is 0 Å². The smallest absolute Gasteiger partial charge is 0.268 e. The molecule has 1 fully saturated rings. The highest BCUT2D eigenvalue weighted by Gasteiger charge is 2.28. The van der Waals surface area contributed by atoms with E-state index >= 15 is 0 Å². The summed E-state index contributed by atoms with van der Waals surface area (Å²) < 4.78 is 0. The first-order chi connectivity index (χ1) is 15.7. The predicted molar refractivity (Wildman–Crippen MR) is 137 cm³/mol. The average molecular weight is 458 g/mol. The number of aryl methyl sites for hydroxylation is 2. The minimum Gasteiger partial charge on any atom is -0.367 e. The van der Waals surface area contributed by atoms with Gasteiger partial charge in [-0.2, -0.15) is 0 Å². The van der Waals surface area contributed by atoms with Crippen LogP contribution in [0.5, 0.6) is 0 Å². The number of pyridine rings is 1. The molecule has 7 nitrogen and oxygen atoms in total. The topological polar surface area (TPSA) is 84.2 Å². The zero-order valence-corrected chi connectivity index (χ0v) is 21.8. The molecule has 3 N–H and O–H groups in total. The first kappa shape index (κ1) is 26.7. The highest BCUT2D eigenvalue weighted by atomic mass is 16.2. The Hall–Kier alpha value is -2.54. The van der Waals surface area contributed by atoms with Gasteiger partial charge in [0.15, 0.2) is 0 Å². The molecule has 2 heterocycles. The summed E-state index contributed by atoms with van der Waals surface area (Å²) in [4.78, 5) is 35.8. The van der Waals surface area contributed by atoms with Crippen LogP contribution in [-0.2, 0) is 6.54 Å². The number of aromatic amines is 2. The highest BCUT2D eigenvalue weighted by Crippen LogP contribution is 2.31. The van der Waals surface area contributed by atoms with Crippen molar-refractivity contribution < 1.29 is 4.79 Å². The van der Waals surface area contributed by atoms with Gasteiger partial charge in [0.1, 0.15) is 5.69 Å². The van der Waals surface area contributed by atoms with Crippen LogP contribution in [-0.4, -0.2) is 53.5 Å². The third-order valence-corrected chi connectivity index (χ3v) is 6.75. The van der Waals surface area contributed by atoms with Gasteiger partial charge in [0.2, 0.25) is 0 Å². The zero-order chi connectivity index (χ0) is 24.7. The zero-order valence-electron chi connectivity index (χ0n) is 21.8. The molecule has 184 valence electrons. The number of carbonyl (C=O) groups is 1. The van der Waals surface area contributed by atoms with Gasteiger partial charge in [-0.1, -0.05) is 13.8 Å². The van der Waals surface area contributed by atoms with E-state index in [1.807, 2.05) is 46.9 Å². The quantitative estimate of drug-likeness (QED) is 0.579. The van der Waals surface area contributed by atoms with Crippen molar-refractivity contribution in [2.75, 3.05) is 25.5 Å². The van der Waals surface area contributed by atoms with E-state index in [1.165, 1.54) is 12.8 Å². The molecule has 2 aromatic rings. The minimum atomic E-state index is -0.185. The van der Waals surface area contributed by atoms with E-state index in [0.29, 0.717) is 23.3 Å². The molecule has 0 aliphatic heterocycles. The molecule has 0 radical (unpaired) electrons. The Balaban J connectivity index is 0.00000187. The monoisotopic (exact) mass is 457 g/mol. The Morgan fingerprint density at radius 3 is 2.24 bits per heavy atom. The van der Waals surface area contributed by atoms with Gasteiger partial charge < -0.3 is 25.1 Å². The molecule has 0 atom stereocenters. The van der Waals surface area contributed by atoms with E-state index in [1.54, 1.807) is 0 Å². The van der Waals surface area contributed by atoms with Crippen molar-refractivity contribution in [2.24, 2.45) is 0 Å². The second-order valence-electron chi connectivity index (χ2n) is 9.01. The van der Waals surface area contributed by atoms with Crippen LogP contribution in [0.2, 0.25) is 0 Å². The van der Waals surface area contributed by atoms with Crippen molar-refractivity contribution >= 4 is 11.6 Å². The molecule has 1 amide bonds. The Labute approximate surface area is 199 Å². The fourth-order valence-electron chi connectivity index (χ4n) is 4.89. The van der Waals surface area contributed by atoms with Crippen molar-refractivity contribution in [3.63, 3.8) is 0 Å². The SMILES string of the molecule is CC.CCN(c1c[nH]c(C(=O)NCc2c(C)cc(C)[nH]c2=O)c1C)C1CCC(N(C)C)CC1. The van der Waals surface area contributed by atoms with Crippen molar-refractivity contribution in [2.45, 2.75) is 85.9 Å². The maximum absolute atomic E-state index is 12.9.